The number of fused-ring (bicyclic) bond motifs is 2. The number of aryl methyl sites for hydroxylation is 1. The highest BCUT2D eigenvalue weighted by Crippen LogP contribution is 2.45. The number of nitrogens with one attached hydrogen (secondary N) is 3. The first-order valence-electron chi connectivity index (χ1n) is 19.7. The number of ether oxygens (including phenoxy) is 2. The second-order valence-electron chi connectivity index (χ2n) is 16.3. The molecule has 13 nitrogen and oxygen atoms in total. The minimum atomic E-state index is -2.23. The molecule has 7 rings (SSSR count). The number of hydrogen-bond acceptors (Lipinski definition) is 11. The fourth-order valence-electron chi connectivity index (χ4n) is 7.03. The molecule has 1 fully saturated rings. The smallest absolute Gasteiger partial charge is 0.411 e. The Labute approximate surface area is 338 Å². The maximum absolute atomic E-state index is 12.8. The zero-order valence-corrected chi connectivity index (χ0v) is 35.2. The second kappa shape index (κ2) is 17.4. The molecule has 302 valence electrons. The molecule has 0 aliphatic carbocycles. The predicted octanol–water partition coefficient (Wildman–Crippen LogP) is 8.15. The summed E-state index contributed by atoms with van der Waals surface area (Å²) in [5, 5.41) is 30.7. The third-order valence-corrected chi connectivity index (χ3v) is 16.6. The number of carbonyl (C=O) groups is 2. The van der Waals surface area contributed by atoms with E-state index < -0.39 is 14.4 Å². The van der Waals surface area contributed by atoms with E-state index in [0.29, 0.717) is 18.8 Å². The van der Waals surface area contributed by atoms with Crippen molar-refractivity contribution < 1.29 is 28.6 Å². The van der Waals surface area contributed by atoms with Gasteiger partial charge in [-0.3, -0.25) is 10.1 Å². The molecule has 0 spiro atoms. The van der Waals surface area contributed by atoms with Crippen LogP contribution in [0, 0.1) is 0 Å². The zero-order valence-electron chi connectivity index (χ0n) is 33.3. The lowest BCUT2D eigenvalue weighted by atomic mass is 10.0. The first kappa shape index (κ1) is 40.4. The monoisotopic (exact) mass is 811 g/mol. The van der Waals surface area contributed by atoms with Gasteiger partial charge in [0.05, 0.1) is 22.2 Å². The molecule has 0 radical (unpaired) electrons. The summed E-state index contributed by atoms with van der Waals surface area (Å²) < 4.78 is 20.5. The largest absolute Gasteiger partial charge is 0.506 e. The van der Waals surface area contributed by atoms with Crippen molar-refractivity contribution in [3.05, 3.63) is 83.2 Å². The summed E-state index contributed by atoms with van der Waals surface area (Å²) in [4.78, 5) is 28.3. The van der Waals surface area contributed by atoms with Crippen LogP contribution in [0.3, 0.4) is 0 Å². The van der Waals surface area contributed by atoms with E-state index in [-0.39, 0.29) is 41.2 Å². The van der Waals surface area contributed by atoms with Crippen molar-refractivity contribution in [3.8, 4) is 21.9 Å². The highest BCUT2D eigenvalue weighted by molar-refractivity contribution is 7.14. The van der Waals surface area contributed by atoms with Crippen molar-refractivity contribution in [1.82, 2.24) is 25.2 Å². The van der Waals surface area contributed by atoms with Crippen LogP contribution in [0.1, 0.15) is 57.3 Å². The van der Waals surface area contributed by atoms with Crippen molar-refractivity contribution in [2.24, 2.45) is 0 Å². The molecule has 1 atom stereocenters. The van der Waals surface area contributed by atoms with Crippen LogP contribution in [-0.4, -0.2) is 84.2 Å². The highest BCUT2D eigenvalue weighted by Gasteiger charge is 2.40. The Morgan fingerprint density at radius 1 is 1.09 bits per heavy atom. The fraction of sp³-hybridized carbons (Fsp3) is 0.429. The molecule has 1 saturated heterocycles. The number of likely N-dealkylation sites (tertiary alicyclic amines) is 1. The molecule has 4 N–H and O–H groups in total. The van der Waals surface area contributed by atoms with Gasteiger partial charge in [0.1, 0.15) is 23.1 Å². The number of aromatic nitrogens is 3. The number of carbonyl (C=O) groups excluding carboxylic acids is 2. The molecular formula is C42H53N7O6SSi. The van der Waals surface area contributed by atoms with Crippen molar-refractivity contribution in [2.75, 3.05) is 43.4 Å². The minimum absolute atomic E-state index is 0.0295. The Kier molecular flexibility index (Phi) is 12.3. The van der Waals surface area contributed by atoms with Gasteiger partial charge in [-0.25, -0.2) is 9.48 Å². The molecular weight excluding hydrogens is 759 g/mol. The first-order chi connectivity index (χ1) is 27.3. The number of piperidine rings is 1. The third-order valence-electron chi connectivity index (χ3n) is 11.2. The van der Waals surface area contributed by atoms with E-state index in [4.69, 9.17) is 13.9 Å². The average molecular weight is 812 g/mol. The molecule has 5 aromatic rings. The Bertz CT molecular complexity index is 2180. The van der Waals surface area contributed by atoms with Crippen LogP contribution in [0.15, 0.2) is 72.1 Å². The number of anilines is 2. The molecule has 4 heterocycles. The second-order valence-corrected chi connectivity index (χ2v) is 22.0. The summed E-state index contributed by atoms with van der Waals surface area (Å²) in [6.07, 6.45) is 1.66. The van der Waals surface area contributed by atoms with E-state index in [1.165, 1.54) is 0 Å². The quantitative estimate of drug-likeness (QED) is 0.0639. The molecule has 2 aliphatic rings. The van der Waals surface area contributed by atoms with Gasteiger partial charge in [-0.15, -0.1) is 16.4 Å². The number of nitrogens with zero attached hydrogens (tertiary/aromatic N) is 4. The molecule has 0 unspecified atom stereocenters. The van der Waals surface area contributed by atoms with E-state index in [9.17, 15) is 14.7 Å². The van der Waals surface area contributed by atoms with Crippen LogP contribution in [0.5, 0.6) is 11.5 Å². The predicted molar refractivity (Wildman–Crippen MR) is 226 cm³/mol. The molecule has 15 heteroatoms. The molecule has 57 heavy (non-hydrogen) atoms. The summed E-state index contributed by atoms with van der Waals surface area (Å²) in [6.45, 7) is 15.4. The van der Waals surface area contributed by atoms with Crippen LogP contribution < -0.4 is 20.7 Å². The van der Waals surface area contributed by atoms with Crippen LogP contribution in [0.2, 0.25) is 18.1 Å². The van der Waals surface area contributed by atoms with E-state index >= 15 is 0 Å². The molecule has 0 bridgehead atoms. The van der Waals surface area contributed by atoms with Crippen molar-refractivity contribution >= 4 is 54.1 Å². The standard InChI is InChI=1S/C42H53N7O6SSi/c1-42(2,3)57(4,5)55-36(31-13-15-35(50)38-39(31)53-27-37(51)45-38)26-43-25-28-12-14-34-33(24-28)46-47-49(34)20-9-19-48-21-16-30(17-22-48)54-41(52)44-32-18-23-56-40(32)29-10-7-6-8-11-29/h6-8,10-15,18,23-24,30,36,43,50H,9,16-17,19-22,25-27H2,1-5H3,(H,44,52)(H,45,51)/t36-/m0/s1. The SMILES string of the molecule is CC(C)(C)[Si](C)(C)O[C@@H](CNCc1ccc2c(c1)nnn2CCCN1CCC(OC(=O)Nc2ccsc2-c2ccccc2)CC1)c1ccc(O)c2c1OCC(=O)N2. The number of phenolic OH excluding ortho intramolecular Hbond substituents is 1. The van der Waals surface area contributed by atoms with Gasteiger partial charge in [0, 0.05) is 38.3 Å². The summed E-state index contributed by atoms with van der Waals surface area (Å²) in [6, 6.07) is 21.6. The van der Waals surface area contributed by atoms with E-state index in [2.05, 4.69) is 83.2 Å². The van der Waals surface area contributed by atoms with Gasteiger partial charge in [-0.2, -0.15) is 0 Å². The topological polar surface area (TPSA) is 152 Å². The third kappa shape index (κ3) is 9.67. The molecule has 3 aromatic carbocycles. The Morgan fingerprint density at radius 2 is 1.88 bits per heavy atom. The number of benzene rings is 3. The number of amides is 2. The number of aromatic hydroxyl groups is 1. The number of phenols is 1. The van der Waals surface area contributed by atoms with Crippen molar-refractivity contribution in [1.29, 1.82) is 0 Å². The van der Waals surface area contributed by atoms with Crippen LogP contribution in [0.4, 0.5) is 16.2 Å². The summed E-state index contributed by atoms with van der Waals surface area (Å²) >= 11 is 1.60. The molecule has 2 aromatic heterocycles. The number of hydrogen-bond donors (Lipinski definition) is 4. The number of thiophene rings is 1. The van der Waals surface area contributed by atoms with Gasteiger partial charge < -0.3 is 34.5 Å². The van der Waals surface area contributed by atoms with Gasteiger partial charge in [0.15, 0.2) is 20.7 Å². The zero-order chi connectivity index (χ0) is 40.2. The summed E-state index contributed by atoms with van der Waals surface area (Å²) in [5.41, 5.74) is 5.82. The van der Waals surface area contributed by atoms with E-state index in [1.807, 2.05) is 52.5 Å². The lowest BCUT2D eigenvalue weighted by Gasteiger charge is -2.40. The van der Waals surface area contributed by atoms with Crippen molar-refractivity contribution in [3.63, 3.8) is 0 Å². The fourth-order valence-corrected chi connectivity index (χ4v) is 9.16. The molecule has 0 saturated carbocycles. The van der Waals surface area contributed by atoms with Gasteiger partial charge in [-0.1, -0.05) is 62.4 Å². The minimum Gasteiger partial charge on any atom is -0.506 e. The Hall–Kier alpha value is -4.80. The van der Waals surface area contributed by atoms with Gasteiger partial charge in [-0.05, 0) is 90.8 Å². The van der Waals surface area contributed by atoms with Crippen LogP contribution in [0.25, 0.3) is 21.5 Å². The van der Waals surface area contributed by atoms with Crippen molar-refractivity contribution in [2.45, 2.75) is 83.5 Å². The number of rotatable bonds is 14. The lowest BCUT2D eigenvalue weighted by molar-refractivity contribution is -0.118. The Morgan fingerprint density at radius 3 is 2.65 bits per heavy atom. The van der Waals surface area contributed by atoms with Crippen LogP contribution in [-0.2, 0) is 27.0 Å². The first-order valence-corrected chi connectivity index (χ1v) is 23.5. The van der Waals surface area contributed by atoms with Crippen LogP contribution >= 0.6 is 11.3 Å². The van der Waals surface area contributed by atoms with E-state index in [0.717, 1.165) is 83.7 Å². The maximum Gasteiger partial charge on any atom is 0.411 e. The Balaban J connectivity index is 0.885. The summed E-state index contributed by atoms with van der Waals surface area (Å²) in [5.74, 6) is 0.105. The average Bonchev–Trinajstić information content (AvgIpc) is 3.82. The lowest BCUT2D eigenvalue weighted by Crippen LogP contribution is -2.43. The molecule has 2 aliphatic heterocycles. The van der Waals surface area contributed by atoms with Gasteiger partial charge in [0.2, 0.25) is 0 Å². The maximum atomic E-state index is 12.8. The van der Waals surface area contributed by atoms with E-state index in [1.54, 1.807) is 17.4 Å². The molecule has 2 amide bonds. The van der Waals surface area contributed by atoms with Gasteiger partial charge >= 0.3 is 6.09 Å². The normalized spacial score (nSPS) is 15.8. The van der Waals surface area contributed by atoms with Gasteiger partial charge in [0.25, 0.3) is 5.91 Å². The summed E-state index contributed by atoms with van der Waals surface area (Å²) in [7, 11) is -2.23. The highest BCUT2D eigenvalue weighted by atomic mass is 32.1.